The molecule has 0 N–H and O–H groups in total. The zero-order valence-electron chi connectivity index (χ0n) is 13.2. The van der Waals surface area contributed by atoms with Crippen LogP contribution in [-0.2, 0) is 13.0 Å². The van der Waals surface area contributed by atoms with Crippen LogP contribution in [0.25, 0.3) is 33.4 Å². The van der Waals surface area contributed by atoms with Crippen molar-refractivity contribution in [2.24, 2.45) is 0 Å². The van der Waals surface area contributed by atoms with Crippen LogP contribution in [0.4, 0.5) is 0 Å². The molecule has 4 heterocycles. The zero-order valence-corrected chi connectivity index (χ0v) is 13.2. The number of pyridine rings is 2. The van der Waals surface area contributed by atoms with E-state index in [9.17, 15) is 0 Å². The van der Waals surface area contributed by atoms with Gasteiger partial charge in [0.2, 0.25) is 0 Å². The van der Waals surface area contributed by atoms with E-state index in [0.29, 0.717) is 0 Å². The Morgan fingerprint density at radius 2 is 1.79 bits per heavy atom. The van der Waals surface area contributed by atoms with Crippen LogP contribution in [0.15, 0.2) is 60.9 Å². The summed E-state index contributed by atoms with van der Waals surface area (Å²) in [6, 6.07) is 16.4. The predicted molar refractivity (Wildman–Crippen MR) is 94.5 cm³/mol. The summed E-state index contributed by atoms with van der Waals surface area (Å²) in [4.78, 5) is 9.04. The molecule has 1 aliphatic rings. The van der Waals surface area contributed by atoms with Gasteiger partial charge < -0.3 is 0 Å². The van der Waals surface area contributed by atoms with Gasteiger partial charge in [0, 0.05) is 35.6 Å². The number of fused-ring (bicyclic) bond motifs is 2. The van der Waals surface area contributed by atoms with Crippen molar-refractivity contribution < 1.29 is 0 Å². The predicted octanol–water partition coefficient (Wildman–Crippen LogP) is 4.11. The maximum Gasteiger partial charge on any atom is 0.119 e. The van der Waals surface area contributed by atoms with Crippen LogP contribution >= 0.6 is 0 Å². The van der Waals surface area contributed by atoms with E-state index >= 15 is 0 Å². The summed E-state index contributed by atoms with van der Waals surface area (Å²) in [5.74, 6) is 0. The number of nitrogens with zero attached hydrogens (tertiary/aromatic N) is 4. The number of para-hydroxylation sites is 1. The highest BCUT2D eigenvalue weighted by molar-refractivity contribution is 5.98. The van der Waals surface area contributed by atoms with Gasteiger partial charge in [-0.05, 0) is 42.7 Å². The molecule has 0 unspecified atom stereocenters. The van der Waals surface area contributed by atoms with Crippen molar-refractivity contribution in [3.63, 3.8) is 0 Å². The molecule has 0 spiro atoms. The van der Waals surface area contributed by atoms with Gasteiger partial charge in [-0.3, -0.25) is 14.6 Å². The molecule has 4 aromatic rings. The molecule has 0 radical (unpaired) electrons. The molecule has 0 aliphatic carbocycles. The molecule has 0 atom stereocenters. The molecule has 1 aromatic carbocycles. The Kier molecular flexibility index (Phi) is 2.95. The van der Waals surface area contributed by atoms with Crippen molar-refractivity contribution >= 4 is 10.9 Å². The van der Waals surface area contributed by atoms with Crippen LogP contribution in [-0.4, -0.2) is 19.7 Å². The minimum absolute atomic E-state index is 0.926. The SMILES string of the molecule is c1ccc(-c2nn3c(c2-c2ccnc4ccccc24)CCC3)nc1. The topological polar surface area (TPSA) is 43.6 Å². The van der Waals surface area contributed by atoms with Crippen LogP contribution in [0, 0.1) is 0 Å². The molecule has 0 saturated carbocycles. The van der Waals surface area contributed by atoms with Crippen molar-refractivity contribution in [3.8, 4) is 22.5 Å². The van der Waals surface area contributed by atoms with Gasteiger partial charge >= 0.3 is 0 Å². The minimum Gasteiger partial charge on any atom is -0.268 e. The third-order valence-electron chi connectivity index (χ3n) is 4.67. The summed E-state index contributed by atoms with van der Waals surface area (Å²) in [7, 11) is 0. The average molecular weight is 312 g/mol. The van der Waals surface area contributed by atoms with E-state index in [-0.39, 0.29) is 0 Å². The Morgan fingerprint density at radius 1 is 0.875 bits per heavy atom. The van der Waals surface area contributed by atoms with Crippen LogP contribution in [0.1, 0.15) is 12.1 Å². The van der Waals surface area contributed by atoms with Gasteiger partial charge in [-0.1, -0.05) is 24.3 Å². The molecular formula is C20H16N4. The molecule has 4 nitrogen and oxygen atoms in total. The maximum atomic E-state index is 4.88. The van der Waals surface area contributed by atoms with Crippen molar-refractivity contribution in [2.75, 3.05) is 0 Å². The fourth-order valence-electron chi connectivity index (χ4n) is 3.61. The van der Waals surface area contributed by atoms with Crippen molar-refractivity contribution in [2.45, 2.75) is 19.4 Å². The van der Waals surface area contributed by atoms with Crippen LogP contribution in [0.2, 0.25) is 0 Å². The van der Waals surface area contributed by atoms with Gasteiger partial charge in [-0.15, -0.1) is 0 Å². The standard InChI is InChI=1S/C20H16N4/c1-2-7-16-14(6-1)15(10-12-22-16)19-18-9-5-13-24(18)23-20(19)17-8-3-4-11-21-17/h1-4,6-8,10-12H,5,9,13H2. The largest absolute Gasteiger partial charge is 0.268 e. The van der Waals surface area contributed by atoms with E-state index < -0.39 is 0 Å². The van der Waals surface area contributed by atoms with Crippen molar-refractivity contribution in [1.82, 2.24) is 19.7 Å². The molecular weight excluding hydrogens is 296 g/mol. The Morgan fingerprint density at radius 3 is 2.71 bits per heavy atom. The van der Waals surface area contributed by atoms with Gasteiger partial charge in [-0.25, -0.2) is 0 Å². The molecule has 3 aromatic heterocycles. The third kappa shape index (κ3) is 1.96. The summed E-state index contributed by atoms with van der Waals surface area (Å²) in [6.07, 6.45) is 5.93. The molecule has 1 aliphatic heterocycles. The fourth-order valence-corrected chi connectivity index (χ4v) is 3.61. The lowest BCUT2D eigenvalue weighted by atomic mass is 9.97. The van der Waals surface area contributed by atoms with Crippen molar-refractivity contribution in [3.05, 3.63) is 66.6 Å². The summed E-state index contributed by atoms with van der Waals surface area (Å²) >= 11 is 0. The second kappa shape index (κ2) is 5.27. The first-order chi connectivity index (χ1) is 11.9. The van der Waals surface area contributed by atoms with E-state index in [4.69, 9.17) is 5.10 Å². The second-order valence-corrected chi connectivity index (χ2v) is 6.09. The normalized spacial score (nSPS) is 13.3. The molecule has 5 rings (SSSR count). The van der Waals surface area contributed by atoms with Gasteiger partial charge in [-0.2, -0.15) is 5.10 Å². The number of benzene rings is 1. The first-order valence-electron chi connectivity index (χ1n) is 8.27. The monoisotopic (exact) mass is 312 g/mol. The van der Waals surface area contributed by atoms with E-state index in [1.165, 1.54) is 22.2 Å². The van der Waals surface area contributed by atoms with E-state index in [1.807, 2.05) is 36.7 Å². The number of hydrogen-bond acceptors (Lipinski definition) is 3. The van der Waals surface area contributed by atoms with Crippen LogP contribution in [0.3, 0.4) is 0 Å². The fraction of sp³-hybridized carbons (Fsp3) is 0.150. The Bertz CT molecular complexity index is 1030. The highest BCUT2D eigenvalue weighted by Crippen LogP contribution is 2.39. The number of aryl methyl sites for hydroxylation is 1. The molecule has 0 amide bonds. The highest BCUT2D eigenvalue weighted by atomic mass is 15.3. The molecule has 4 heteroatoms. The molecule has 0 fully saturated rings. The summed E-state index contributed by atoms with van der Waals surface area (Å²) in [5, 5.41) is 6.04. The van der Waals surface area contributed by atoms with Gasteiger partial charge in [0.15, 0.2) is 0 Å². The lowest BCUT2D eigenvalue weighted by Crippen LogP contribution is -1.94. The van der Waals surface area contributed by atoms with Crippen LogP contribution in [0.5, 0.6) is 0 Å². The molecule has 0 saturated heterocycles. The third-order valence-corrected chi connectivity index (χ3v) is 4.67. The molecule has 24 heavy (non-hydrogen) atoms. The lowest BCUT2D eigenvalue weighted by Gasteiger charge is -2.08. The van der Waals surface area contributed by atoms with Crippen LogP contribution < -0.4 is 0 Å². The Labute approximate surface area is 139 Å². The summed E-state index contributed by atoms with van der Waals surface area (Å²) in [5.41, 5.74) is 6.64. The van der Waals surface area contributed by atoms with Gasteiger partial charge in [0.05, 0.1) is 11.2 Å². The van der Waals surface area contributed by atoms with Crippen molar-refractivity contribution in [1.29, 1.82) is 0 Å². The summed E-state index contributed by atoms with van der Waals surface area (Å²) in [6.45, 7) is 0.984. The molecule has 116 valence electrons. The maximum absolute atomic E-state index is 4.88. The van der Waals surface area contributed by atoms with E-state index in [2.05, 4.69) is 38.9 Å². The minimum atomic E-state index is 0.926. The number of rotatable bonds is 2. The summed E-state index contributed by atoms with van der Waals surface area (Å²) < 4.78 is 2.15. The first-order valence-corrected chi connectivity index (χ1v) is 8.27. The number of hydrogen-bond donors (Lipinski definition) is 0. The van der Waals surface area contributed by atoms with Gasteiger partial charge in [0.1, 0.15) is 5.69 Å². The van der Waals surface area contributed by atoms with Gasteiger partial charge in [0.25, 0.3) is 0 Å². The quantitative estimate of drug-likeness (QED) is 0.559. The van der Waals surface area contributed by atoms with E-state index in [0.717, 1.165) is 36.3 Å². The first kappa shape index (κ1) is 13.4. The number of aromatic nitrogens is 4. The zero-order chi connectivity index (χ0) is 15.9. The van der Waals surface area contributed by atoms with E-state index in [1.54, 1.807) is 0 Å². The average Bonchev–Trinajstić information content (AvgIpc) is 3.23. The molecule has 0 bridgehead atoms. The smallest absolute Gasteiger partial charge is 0.119 e. The Hall–Kier alpha value is -3.01. The highest BCUT2D eigenvalue weighted by Gasteiger charge is 2.25. The second-order valence-electron chi connectivity index (χ2n) is 6.09. The lowest BCUT2D eigenvalue weighted by molar-refractivity contribution is 0.658. The Balaban J connectivity index is 1.84.